The molecule has 1 amide bonds. The summed E-state index contributed by atoms with van der Waals surface area (Å²) in [5, 5.41) is 16.2. The van der Waals surface area contributed by atoms with Crippen molar-refractivity contribution >= 4 is 22.9 Å². The van der Waals surface area contributed by atoms with Gasteiger partial charge in [0.25, 0.3) is 0 Å². The number of hydrogen-bond acceptors (Lipinski definition) is 5. The number of nitrogens with one attached hydrogen (secondary N) is 1. The number of aryl methyl sites for hydroxylation is 2. The van der Waals surface area contributed by atoms with E-state index in [1.165, 1.54) is 12.3 Å². The molecule has 0 aliphatic carbocycles. The van der Waals surface area contributed by atoms with Gasteiger partial charge in [0, 0.05) is 30.9 Å². The van der Waals surface area contributed by atoms with E-state index in [2.05, 4.69) is 26.4 Å². The van der Waals surface area contributed by atoms with E-state index in [9.17, 15) is 14.4 Å². The molecule has 4 rings (SSSR count). The standard InChI is InChI=1S/C22H23FN6O/c1-14-17(15(2)29-22(26-14)16(12-24)13-25-29)8-9-20(30)27-21-18(23)6-5-7-19(21)28-10-3-4-11-28/h5-7,13H,3-4,8-11H2,1-2H3,(H,27,30). The van der Waals surface area contributed by atoms with Crippen LogP contribution >= 0.6 is 0 Å². The van der Waals surface area contributed by atoms with E-state index >= 15 is 0 Å². The fourth-order valence-electron chi connectivity index (χ4n) is 4.05. The molecule has 0 saturated carbocycles. The molecule has 3 heterocycles. The highest BCUT2D eigenvalue weighted by atomic mass is 19.1. The van der Waals surface area contributed by atoms with Crippen LogP contribution in [0.5, 0.6) is 0 Å². The Morgan fingerprint density at radius 1 is 1.30 bits per heavy atom. The van der Waals surface area contributed by atoms with Gasteiger partial charge in [-0.2, -0.15) is 10.4 Å². The molecule has 2 aromatic heterocycles. The number of para-hydroxylation sites is 1. The molecular weight excluding hydrogens is 383 g/mol. The predicted molar refractivity (Wildman–Crippen MR) is 112 cm³/mol. The predicted octanol–water partition coefficient (Wildman–Crippen LogP) is 3.53. The number of rotatable bonds is 5. The lowest BCUT2D eigenvalue weighted by molar-refractivity contribution is -0.116. The number of aromatic nitrogens is 3. The van der Waals surface area contributed by atoms with Crippen molar-refractivity contribution in [2.45, 2.75) is 39.5 Å². The average molecular weight is 406 g/mol. The third-order valence-electron chi connectivity index (χ3n) is 5.63. The van der Waals surface area contributed by atoms with E-state index in [0.29, 0.717) is 17.6 Å². The molecule has 0 spiro atoms. The van der Waals surface area contributed by atoms with Crippen molar-refractivity contribution in [2.75, 3.05) is 23.3 Å². The lowest BCUT2D eigenvalue weighted by Gasteiger charge is -2.22. The monoisotopic (exact) mass is 406 g/mol. The number of carbonyl (C=O) groups is 1. The van der Waals surface area contributed by atoms with Gasteiger partial charge in [0.15, 0.2) is 5.65 Å². The Balaban J connectivity index is 1.52. The van der Waals surface area contributed by atoms with Gasteiger partial charge in [-0.25, -0.2) is 13.9 Å². The third-order valence-corrected chi connectivity index (χ3v) is 5.63. The van der Waals surface area contributed by atoms with E-state index in [1.54, 1.807) is 10.6 Å². The maximum absolute atomic E-state index is 14.5. The van der Waals surface area contributed by atoms with Crippen LogP contribution in [0.1, 0.15) is 41.8 Å². The van der Waals surface area contributed by atoms with Gasteiger partial charge in [0.05, 0.1) is 11.9 Å². The fraction of sp³-hybridized carbons (Fsp3) is 0.364. The number of nitriles is 1. The van der Waals surface area contributed by atoms with Crippen molar-refractivity contribution in [3.63, 3.8) is 0 Å². The van der Waals surface area contributed by atoms with Crippen LogP contribution < -0.4 is 10.2 Å². The van der Waals surface area contributed by atoms with Crippen molar-refractivity contribution in [1.82, 2.24) is 14.6 Å². The van der Waals surface area contributed by atoms with E-state index in [0.717, 1.165) is 48.6 Å². The molecule has 0 atom stereocenters. The van der Waals surface area contributed by atoms with Crippen LogP contribution in [0.4, 0.5) is 15.8 Å². The van der Waals surface area contributed by atoms with Crippen molar-refractivity contribution in [2.24, 2.45) is 0 Å². The van der Waals surface area contributed by atoms with Gasteiger partial charge in [0.1, 0.15) is 23.1 Å². The maximum Gasteiger partial charge on any atom is 0.224 e. The number of halogens is 1. The number of carbonyl (C=O) groups excluding carboxylic acids is 1. The molecule has 8 heteroatoms. The zero-order valence-electron chi connectivity index (χ0n) is 17.1. The van der Waals surface area contributed by atoms with Crippen LogP contribution in [0.2, 0.25) is 0 Å². The Hall–Kier alpha value is -3.47. The van der Waals surface area contributed by atoms with E-state index in [4.69, 9.17) is 0 Å². The Labute approximate surface area is 174 Å². The number of hydrogen-bond donors (Lipinski definition) is 1. The molecule has 154 valence electrons. The van der Waals surface area contributed by atoms with Crippen molar-refractivity contribution in [3.8, 4) is 6.07 Å². The van der Waals surface area contributed by atoms with E-state index < -0.39 is 5.82 Å². The fourth-order valence-corrected chi connectivity index (χ4v) is 4.05. The van der Waals surface area contributed by atoms with Gasteiger partial charge in [-0.1, -0.05) is 6.07 Å². The lowest BCUT2D eigenvalue weighted by Crippen LogP contribution is -2.22. The van der Waals surface area contributed by atoms with Gasteiger partial charge in [-0.3, -0.25) is 4.79 Å². The number of fused-ring (bicyclic) bond motifs is 1. The van der Waals surface area contributed by atoms with Crippen molar-refractivity contribution in [3.05, 3.63) is 52.7 Å². The first-order chi connectivity index (χ1) is 14.5. The SMILES string of the molecule is Cc1nc2c(C#N)cnn2c(C)c1CCC(=O)Nc1c(F)cccc1N1CCCC1. The van der Waals surface area contributed by atoms with Gasteiger partial charge in [-0.15, -0.1) is 0 Å². The zero-order chi connectivity index (χ0) is 21.3. The maximum atomic E-state index is 14.5. The molecule has 7 nitrogen and oxygen atoms in total. The summed E-state index contributed by atoms with van der Waals surface area (Å²) in [6.45, 7) is 5.48. The first-order valence-corrected chi connectivity index (χ1v) is 10.1. The summed E-state index contributed by atoms with van der Waals surface area (Å²) >= 11 is 0. The van der Waals surface area contributed by atoms with Crippen LogP contribution in [0.3, 0.4) is 0 Å². The second-order valence-corrected chi connectivity index (χ2v) is 7.54. The molecule has 1 aliphatic heterocycles. The van der Waals surface area contributed by atoms with Crippen LogP contribution in [0, 0.1) is 31.0 Å². The van der Waals surface area contributed by atoms with Crippen molar-refractivity contribution in [1.29, 1.82) is 5.26 Å². The van der Waals surface area contributed by atoms with Gasteiger partial charge in [0.2, 0.25) is 5.91 Å². The summed E-state index contributed by atoms with van der Waals surface area (Å²) in [6.07, 6.45) is 4.26. The minimum atomic E-state index is -0.427. The molecule has 1 N–H and O–H groups in total. The van der Waals surface area contributed by atoms with Crippen LogP contribution in [0.25, 0.3) is 5.65 Å². The number of nitrogens with zero attached hydrogens (tertiary/aromatic N) is 5. The Kier molecular flexibility index (Phi) is 5.36. The van der Waals surface area contributed by atoms with Crippen LogP contribution in [-0.4, -0.2) is 33.6 Å². The minimum Gasteiger partial charge on any atom is -0.370 e. The molecule has 1 fully saturated rings. The first-order valence-electron chi connectivity index (χ1n) is 10.1. The van der Waals surface area contributed by atoms with Crippen molar-refractivity contribution < 1.29 is 9.18 Å². The lowest BCUT2D eigenvalue weighted by atomic mass is 10.1. The van der Waals surface area contributed by atoms with Gasteiger partial charge in [-0.05, 0) is 50.8 Å². The molecule has 0 unspecified atom stereocenters. The normalized spacial score (nSPS) is 13.6. The highest BCUT2D eigenvalue weighted by Crippen LogP contribution is 2.31. The largest absolute Gasteiger partial charge is 0.370 e. The molecule has 0 bridgehead atoms. The molecular formula is C22H23FN6O. The van der Waals surface area contributed by atoms with E-state index in [-0.39, 0.29) is 18.0 Å². The summed E-state index contributed by atoms with van der Waals surface area (Å²) in [4.78, 5) is 19.3. The highest BCUT2D eigenvalue weighted by molar-refractivity contribution is 5.94. The zero-order valence-corrected chi connectivity index (χ0v) is 17.1. The second-order valence-electron chi connectivity index (χ2n) is 7.54. The molecule has 1 aromatic carbocycles. The van der Waals surface area contributed by atoms with Crippen LogP contribution in [-0.2, 0) is 11.2 Å². The number of anilines is 2. The number of benzene rings is 1. The molecule has 1 aliphatic rings. The summed E-state index contributed by atoms with van der Waals surface area (Å²) in [7, 11) is 0. The molecule has 0 radical (unpaired) electrons. The van der Waals surface area contributed by atoms with Crippen LogP contribution in [0.15, 0.2) is 24.4 Å². The Morgan fingerprint density at radius 2 is 2.07 bits per heavy atom. The molecule has 1 saturated heterocycles. The van der Waals surface area contributed by atoms with E-state index in [1.807, 2.05) is 19.9 Å². The Bertz CT molecular complexity index is 1160. The Morgan fingerprint density at radius 3 is 2.80 bits per heavy atom. The first kappa shape index (κ1) is 19.8. The quantitative estimate of drug-likeness (QED) is 0.701. The number of amides is 1. The summed E-state index contributed by atoms with van der Waals surface area (Å²) in [5.74, 6) is -0.679. The van der Waals surface area contributed by atoms with Gasteiger partial charge < -0.3 is 10.2 Å². The summed E-state index contributed by atoms with van der Waals surface area (Å²) < 4.78 is 16.1. The minimum absolute atomic E-state index is 0.190. The smallest absolute Gasteiger partial charge is 0.224 e. The van der Waals surface area contributed by atoms with Gasteiger partial charge >= 0.3 is 0 Å². The second kappa shape index (κ2) is 8.11. The highest BCUT2D eigenvalue weighted by Gasteiger charge is 2.20. The summed E-state index contributed by atoms with van der Waals surface area (Å²) in [6, 6.07) is 6.97. The molecule has 30 heavy (non-hydrogen) atoms. The average Bonchev–Trinajstić information content (AvgIpc) is 3.39. The molecule has 3 aromatic rings. The topological polar surface area (TPSA) is 86.3 Å². The third kappa shape index (κ3) is 3.59. The summed E-state index contributed by atoms with van der Waals surface area (Å²) in [5.41, 5.74) is 4.42.